The average Bonchev–Trinajstić information content (AvgIpc) is 2.59. The van der Waals surface area contributed by atoms with Crippen LogP contribution < -0.4 is 10.2 Å². The van der Waals surface area contributed by atoms with Crippen molar-refractivity contribution in [2.75, 3.05) is 25.5 Å². The molecule has 0 bridgehead atoms. The number of aliphatic hydroxyl groups excluding tert-OH is 1. The Morgan fingerprint density at radius 2 is 1.92 bits per heavy atom. The van der Waals surface area contributed by atoms with E-state index in [4.69, 9.17) is 15.1 Å². The Morgan fingerprint density at radius 3 is 2.36 bits per heavy atom. The van der Waals surface area contributed by atoms with E-state index in [-0.39, 0.29) is 36.3 Å². The van der Waals surface area contributed by atoms with Gasteiger partial charge in [0.25, 0.3) is 5.91 Å². The van der Waals surface area contributed by atoms with E-state index in [2.05, 4.69) is 12.6 Å². The Kier molecular flexibility index (Phi) is 8.66. The SMILES string of the molecule is CC(C)[C@H](C(=O)NO)N(CCS)S(=O)(=O)c1ccc(OCCO)cc1. The Morgan fingerprint density at radius 1 is 1.32 bits per heavy atom. The summed E-state index contributed by atoms with van der Waals surface area (Å²) in [6, 6.07) is 4.59. The summed E-state index contributed by atoms with van der Waals surface area (Å²) in [7, 11) is -3.99. The van der Waals surface area contributed by atoms with Gasteiger partial charge in [0.2, 0.25) is 10.0 Å². The first kappa shape index (κ1) is 21.7. The second-order valence-corrected chi connectivity index (χ2v) is 7.89. The molecule has 142 valence electrons. The molecule has 0 fully saturated rings. The van der Waals surface area contributed by atoms with Crippen LogP contribution in [0.3, 0.4) is 0 Å². The number of hydroxylamine groups is 1. The van der Waals surface area contributed by atoms with Gasteiger partial charge in [-0.15, -0.1) is 0 Å². The second-order valence-electron chi connectivity index (χ2n) is 5.55. The second kappa shape index (κ2) is 9.97. The van der Waals surface area contributed by atoms with Crippen molar-refractivity contribution in [3.63, 3.8) is 0 Å². The van der Waals surface area contributed by atoms with Crippen LogP contribution in [-0.2, 0) is 14.8 Å². The molecule has 0 aliphatic rings. The molecular weight excluding hydrogens is 368 g/mol. The van der Waals surface area contributed by atoms with Gasteiger partial charge in [-0.25, -0.2) is 13.9 Å². The number of nitrogens with zero attached hydrogens (tertiary/aromatic N) is 1. The van der Waals surface area contributed by atoms with Gasteiger partial charge in [0.05, 0.1) is 11.5 Å². The smallest absolute Gasteiger partial charge is 0.262 e. The van der Waals surface area contributed by atoms with E-state index in [1.54, 1.807) is 13.8 Å². The van der Waals surface area contributed by atoms with Crippen LogP contribution in [0.2, 0.25) is 0 Å². The van der Waals surface area contributed by atoms with Crippen LogP contribution in [0.4, 0.5) is 0 Å². The lowest BCUT2D eigenvalue weighted by Gasteiger charge is -2.31. The van der Waals surface area contributed by atoms with Crippen LogP contribution in [0, 0.1) is 5.92 Å². The van der Waals surface area contributed by atoms with E-state index in [0.29, 0.717) is 5.75 Å². The minimum atomic E-state index is -3.99. The van der Waals surface area contributed by atoms with Gasteiger partial charge in [-0.3, -0.25) is 10.0 Å². The average molecular weight is 392 g/mol. The summed E-state index contributed by atoms with van der Waals surface area (Å²) in [5, 5.41) is 17.7. The van der Waals surface area contributed by atoms with Gasteiger partial charge in [-0.2, -0.15) is 16.9 Å². The number of nitrogens with one attached hydrogen (secondary N) is 1. The van der Waals surface area contributed by atoms with Crippen molar-refractivity contribution in [3.05, 3.63) is 24.3 Å². The van der Waals surface area contributed by atoms with Crippen molar-refractivity contribution in [1.29, 1.82) is 0 Å². The first-order valence-electron chi connectivity index (χ1n) is 7.70. The molecule has 10 heteroatoms. The molecule has 3 N–H and O–H groups in total. The molecule has 1 aromatic rings. The Labute approximate surface area is 153 Å². The number of hydrogen-bond acceptors (Lipinski definition) is 7. The van der Waals surface area contributed by atoms with Crippen molar-refractivity contribution in [2.24, 2.45) is 5.92 Å². The number of amides is 1. The molecule has 0 aliphatic carbocycles. The van der Waals surface area contributed by atoms with Crippen LogP contribution in [0.1, 0.15) is 13.8 Å². The zero-order chi connectivity index (χ0) is 19.0. The number of rotatable bonds is 10. The number of benzene rings is 1. The summed E-state index contributed by atoms with van der Waals surface area (Å²) in [5.41, 5.74) is 1.53. The zero-order valence-corrected chi connectivity index (χ0v) is 15.8. The summed E-state index contributed by atoms with van der Waals surface area (Å²) in [4.78, 5) is 12.0. The van der Waals surface area contributed by atoms with Gasteiger partial charge >= 0.3 is 0 Å². The molecule has 0 radical (unpaired) electrons. The molecule has 8 nitrogen and oxygen atoms in total. The van der Waals surface area contributed by atoms with Crippen molar-refractivity contribution in [3.8, 4) is 5.75 Å². The molecule has 0 spiro atoms. The van der Waals surface area contributed by atoms with Crippen LogP contribution in [0.25, 0.3) is 0 Å². The standard InChI is InChI=1S/C15H24N2O6S2/c1-11(2)14(15(19)16-20)17(7-10-24)25(21,22)13-5-3-12(4-6-13)23-9-8-18/h3-6,11,14,18,20,24H,7-10H2,1-2H3,(H,16,19)/t14-/m1/s1. The molecule has 0 saturated heterocycles. The topological polar surface area (TPSA) is 116 Å². The lowest BCUT2D eigenvalue weighted by Crippen LogP contribution is -2.52. The molecule has 1 amide bonds. The summed E-state index contributed by atoms with van der Waals surface area (Å²) < 4.78 is 32.2. The predicted octanol–water partition coefficient (Wildman–Crippen LogP) is 0.508. The lowest BCUT2D eigenvalue weighted by molar-refractivity contribution is -0.134. The third-order valence-electron chi connectivity index (χ3n) is 3.43. The summed E-state index contributed by atoms with van der Waals surface area (Å²) in [5.74, 6) is -0.543. The number of sulfonamides is 1. The number of thiol groups is 1. The maximum Gasteiger partial charge on any atom is 0.262 e. The van der Waals surface area contributed by atoms with Crippen LogP contribution in [0.5, 0.6) is 5.75 Å². The fourth-order valence-electron chi connectivity index (χ4n) is 2.35. The predicted molar refractivity (Wildman–Crippen MR) is 95.3 cm³/mol. The number of carbonyl (C=O) groups excluding carboxylic acids is 1. The first-order chi connectivity index (χ1) is 11.8. The van der Waals surface area contributed by atoms with Crippen molar-refractivity contribution < 1.29 is 28.3 Å². The number of carbonyl (C=O) groups is 1. The minimum absolute atomic E-state index is 0.00444. The van der Waals surface area contributed by atoms with Crippen molar-refractivity contribution in [1.82, 2.24) is 9.79 Å². The van der Waals surface area contributed by atoms with Gasteiger partial charge in [-0.05, 0) is 30.2 Å². The Balaban J connectivity index is 3.21. The fourth-order valence-corrected chi connectivity index (χ4v) is 4.42. The van der Waals surface area contributed by atoms with Crippen LogP contribution in [-0.4, -0.2) is 60.5 Å². The Hall–Kier alpha value is -1.33. The number of aliphatic hydroxyl groups is 1. The fraction of sp³-hybridized carbons (Fsp3) is 0.533. The molecule has 0 heterocycles. The summed E-state index contributed by atoms with van der Waals surface area (Å²) >= 11 is 4.08. The van der Waals surface area contributed by atoms with Gasteiger partial charge in [-0.1, -0.05) is 13.8 Å². The van der Waals surface area contributed by atoms with Crippen molar-refractivity contribution in [2.45, 2.75) is 24.8 Å². The normalized spacial score (nSPS) is 13.1. The quantitative estimate of drug-likeness (QED) is 0.262. The third-order valence-corrected chi connectivity index (χ3v) is 5.53. The highest BCUT2D eigenvalue weighted by molar-refractivity contribution is 7.89. The van der Waals surface area contributed by atoms with E-state index in [1.807, 2.05) is 0 Å². The number of hydrogen-bond donors (Lipinski definition) is 4. The highest BCUT2D eigenvalue weighted by Crippen LogP contribution is 2.24. The van der Waals surface area contributed by atoms with E-state index in [1.165, 1.54) is 29.7 Å². The Bertz CT molecular complexity index is 648. The zero-order valence-electron chi connectivity index (χ0n) is 14.1. The highest BCUT2D eigenvalue weighted by Gasteiger charge is 2.37. The minimum Gasteiger partial charge on any atom is -0.491 e. The molecule has 1 atom stereocenters. The van der Waals surface area contributed by atoms with Gasteiger partial charge < -0.3 is 9.84 Å². The molecule has 0 aliphatic heterocycles. The van der Waals surface area contributed by atoms with E-state index < -0.39 is 22.0 Å². The van der Waals surface area contributed by atoms with Gasteiger partial charge in [0, 0.05) is 12.3 Å². The molecule has 0 unspecified atom stereocenters. The maximum absolute atomic E-state index is 13.0. The highest BCUT2D eigenvalue weighted by atomic mass is 32.2. The van der Waals surface area contributed by atoms with E-state index in [9.17, 15) is 13.2 Å². The molecule has 1 aromatic carbocycles. The maximum atomic E-state index is 13.0. The first-order valence-corrected chi connectivity index (χ1v) is 9.77. The molecular formula is C15H24N2O6S2. The molecule has 0 aromatic heterocycles. The third kappa shape index (κ3) is 5.58. The van der Waals surface area contributed by atoms with E-state index in [0.717, 1.165) is 4.31 Å². The summed E-state index contributed by atoms with van der Waals surface area (Å²) in [6.45, 7) is 3.33. The van der Waals surface area contributed by atoms with E-state index >= 15 is 0 Å². The monoisotopic (exact) mass is 392 g/mol. The van der Waals surface area contributed by atoms with Gasteiger partial charge in [0.1, 0.15) is 18.4 Å². The molecule has 1 rings (SSSR count). The van der Waals surface area contributed by atoms with Gasteiger partial charge in [0.15, 0.2) is 0 Å². The van der Waals surface area contributed by atoms with Crippen LogP contribution >= 0.6 is 12.6 Å². The largest absolute Gasteiger partial charge is 0.491 e. The van der Waals surface area contributed by atoms with Crippen LogP contribution in [0.15, 0.2) is 29.2 Å². The lowest BCUT2D eigenvalue weighted by atomic mass is 10.0. The molecule has 0 saturated carbocycles. The molecule has 25 heavy (non-hydrogen) atoms. The number of ether oxygens (including phenoxy) is 1. The van der Waals surface area contributed by atoms with Crippen molar-refractivity contribution >= 4 is 28.6 Å². The summed E-state index contributed by atoms with van der Waals surface area (Å²) in [6.07, 6.45) is 0.